The second-order valence-corrected chi connectivity index (χ2v) is 10.4. The van der Waals surface area contributed by atoms with Gasteiger partial charge in [-0.1, -0.05) is 35.9 Å². The summed E-state index contributed by atoms with van der Waals surface area (Å²) < 4.78 is 31.8. The van der Waals surface area contributed by atoms with E-state index < -0.39 is 10.0 Å². The molecule has 2 aromatic rings. The van der Waals surface area contributed by atoms with E-state index in [1.54, 1.807) is 12.1 Å². The number of carbonyl (C=O) groups is 1. The number of nitrogens with zero attached hydrogens (tertiary/aromatic N) is 1. The Morgan fingerprint density at radius 2 is 1.83 bits per heavy atom. The molecule has 2 aromatic carbocycles. The molecule has 3 rings (SSSR count). The molecule has 0 spiro atoms. The van der Waals surface area contributed by atoms with Gasteiger partial charge in [0, 0.05) is 24.9 Å². The van der Waals surface area contributed by atoms with Crippen LogP contribution in [0.3, 0.4) is 0 Å². The van der Waals surface area contributed by atoms with Crippen molar-refractivity contribution in [2.75, 3.05) is 17.1 Å². The zero-order valence-electron chi connectivity index (χ0n) is 18.0. The minimum absolute atomic E-state index is 0.0927. The van der Waals surface area contributed by atoms with Crippen molar-refractivity contribution in [3.8, 4) is 5.75 Å². The number of hydrogen-bond acceptors (Lipinski definition) is 4. The van der Waals surface area contributed by atoms with Gasteiger partial charge in [-0.05, 0) is 45.4 Å². The van der Waals surface area contributed by atoms with Gasteiger partial charge < -0.3 is 10.1 Å². The van der Waals surface area contributed by atoms with Crippen LogP contribution in [0.2, 0.25) is 0 Å². The molecule has 0 aliphatic carbocycles. The van der Waals surface area contributed by atoms with E-state index in [1.165, 1.54) is 10.6 Å². The van der Waals surface area contributed by atoms with Crippen LogP contribution in [0, 0.1) is 6.92 Å². The molecule has 162 valence electrons. The zero-order valence-corrected chi connectivity index (χ0v) is 18.8. The lowest BCUT2D eigenvalue weighted by atomic mass is 9.89. The summed E-state index contributed by atoms with van der Waals surface area (Å²) in [6.45, 7) is 6.22. The molecular formula is C23H30N2O4S. The monoisotopic (exact) mass is 430 g/mol. The van der Waals surface area contributed by atoms with Crippen LogP contribution in [0.4, 0.5) is 5.69 Å². The van der Waals surface area contributed by atoms with Gasteiger partial charge in [0.1, 0.15) is 11.4 Å². The van der Waals surface area contributed by atoms with E-state index in [1.807, 2.05) is 57.2 Å². The zero-order chi connectivity index (χ0) is 21.9. The summed E-state index contributed by atoms with van der Waals surface area (Å²) in [6, 6.07) is 15.0. The number of benzene rings is 2. The Bertz CT molecular complexity index is 1000. The molecule has 1 heterocycles. The van der Waals surface area contributed by atoms with E-state index in [4.69, 9.17) is 4.74 Å². The number of para-hydroxylation sites is 1. The predicted octanol–water partition coefficient (Wildman–Crippen LogP) is 3.96. The summed E-state index contributed by atoms with van der Waals surface area (Å²) in [7, 11) is -3.43. The van der Waals surface area contributed by atoms with Crippen LogP contribution in [0.15, 0.2) is 48.5 Å². The van der Waals surface area contributed by atoms with Gasteiger partial charge in [0.25, 0.3) is 0 Å². The number of ether oxygens (including phenoxy) is 1. The summed E-state index contributed by atoms with van der Waals surface area (Å²) in [5.74, 6) is 0.700. The fraction of sp³-hybridized carbons (Fsp3) is 0.435. The summed E-state index contributed by atoms with van der Waals surface area (Å²) in [6.07, 6.45) is 2.54. The Morgan fingerprint density at radius 3 is 2.50 bits per heavy atom. The Morgan fingerprint density at radius 1 is 1.17 bits per heavy atom. The number of sulfonamides is 1. The topological polar surface area (TPSA) is 75.7 Å². The number of rotatable bonds is 7. The highest BCUT2D eigenvalue weighted by atomic mass is 32.2. The first-order chi connectivity index (χ1) is 14.0. The SMILES string of the molecule is Cc1ccc(N(CCCC(=O)N[C@@H]2CC(C)(C)Oc3ccccc32)S(C)(=O)=O)cc1. The van der Waals surface area contributed by atoms with Crippen LogP contribution in [0.25, 0.3) is 0 Å². The third-order valence-corrected chi connectivity index (χ3v) is 6.39. The van der Waals surface area contributed by atoms with Crippen LogP contribution in [0.5, 0.6) is 5.75 Å². The molecule has 0 bridgehead atoms. The van der Waals surface area contributed by atoms with Crippen LogP contribution in [-0.2, 0) is 14.8 Å². The van der Waals surface area contributed by atoms with E-state index in [0.717, 1.165) is 16.9 Å². The third kappa shape index (κ3) is 5.53. The Hall–Kier alpha value is -2.54. The number of nitrogens with one attached hydrogen (secondary N) is 1. The number of carbonyl (C=O) groups excluding carboxylic acids is 1. The molecule has 1 aliphatic heterocycles. The minimum atomic E-state index is -3.43. The van der Waals surface area contributed by atoms with E-state index in [0.29, 0.717) is 18.5 Å². The molecule has 1 aliphatic rings. The van der Waals surface area contributed by atoms with Crippen LogP contribution >= 0.6 is 0 Å². The average molecular weight is 431 g/mol. The molecule has 30 heavy (non-hydrogen) atoms. The van der Waals surface area contributed by atoms with Gasteiger partial charge in [-0.25, -0.2) is 8.42 Å². The minimum Gasteiger partial charge on any atom is -0.487 e. The second kappa shape index (κ2) is 8.68. The highest BCUT2D eigenvalue weighted by Gasteiger charge is 2.34. The maximum absolute atomic E-state index is 12.6. The first kappa shape index (κ1) is 22.2. The van der Waals surface area contributed by atoms with Crippen molar-refractivity contribution < 1.29 is 17.9 Å². The fourth-order valence-corrected chi connectivity index (χ4v) is 4.74. The average Bonchev–Trinajstić information content (AvgIpc) is 2.64. The van der Waals surface area contributed by atoms with Crippen molar-refractivity contribution >= 4 is 21.6 Å². The van der Waals surface area contributed by atoms with E-state index in [2.05, 4.69) is 5.32 Å². The number of aryl methyl sites for hydroxylation is 1. The Balaban J connectivity index is 1.62. The van der Waals surface area contributed by atoms with E-state index in [-0.39, 0.29) is 30.5 Å². The maximum atomic E-state index is 12.6. The van der Waals surface area contributed by atoms with Crippen molar-refractivity contribution in [1.29, 1.82) is 0 Å². The lowest BCUT2D eigenvalue weighted by Crippen LogP contribution is -2.41. The number of fused-ring (bicyclic) bond motifs is 1. The van der Waals surface area contributed by atoms with Crippen molar-refractivity contribution in [3.63, 3.8) is 0 Å². The van der Waals surface area contributed by atoms with Crippen LogP contribution < -0.4 is 14.4 Å². The second-order valence-electron chi connectivity index (χ2n) is 8.50. The first-order valence-corrected chi connectivity index (χ1v) is 12.0. The van der Waals surface area contributed by atoms with Crippen molar-refractivity contribution in [1.82, 2.24) is 5.32 Å². The Kier molecular flexibility index (Phi) is 6.41. The van der Waals surface area contributed by atoms with Crippen molar-refractivity contribution in [2.45, 2.75) is 51.7 Å². The standard InChI is InChI=1S/C23H30N2O4S/c1-17-11-13-18(14-12-17)25(30(4,27)28)15-7-10-22(26)24-20-16-23(2,3)29-21-9-6-5-8-19(20)21/h5-6,8-9,11-14,20H,7,10,15-16H2,1-4H3,(H,24,26)/t20-/m1/s1. The van der Waals surface area contributed by atoms with Gasteiger partial charge in [0.15, 0.2) is 0 Å². The summed E-state index contributed by atoms with van der Waals surface area (Å²) in [5, 5.41) is 3.10. The van der Waals surface area contributed by atoms with Crippen molar-refractivity contribution in [2.24, 2.45) is 0 Å². The van der Waals surface area contributed by atoms with Gasteiger partial charge in [0.2, 0.25) is 15.9 Å². The Labute approximate surface area is 179 Å². The summed E-state index contributed by atoms with van der Waals surface area (Å²) in [5.41, 5.74) is 2.28. The highest BCUT2D eigenvalue weighted by molar-refractivity contribution is 7.92. The number of anilines is 1. The largest absolute Gasteiger partial charge is 0.487 e. The molecule has 0 aromatic heterocycles. The number of amides is 1. The quantitative estimate of drug-likeness (QED) is 0.721. The highest BCUT2D eigenvalue weighted by Crippen LogP contribution is 2.39. The van der Waals surface area contributed by atoms with Gasteiger partial charge in [0.05, 0.1) is 18.0 Å². The van der Waals surface area contributed by atoms with Crippen LogP contribution in [-0.4, -0.2) is 32.7 Å². The lowest BCUT2D eigenvalue weighted by molar-refractivity contribution is -0.122. The molecule has 6 nitrogen and oxygen atoms in total. The van der Waals surface area contributed by atoms with Gasteiger partial charge in [-0.3, -0.25) is 9.10 Å². The van der Waals surface area contributed by atoms with Gasteiger partial charge >= 0.3 is 0 Å². The summed E-state index contributed by atoms with van der Waals surface area (Å²) in [4.78, 5) is 12.6. The molecule has 0 fully saturated rings. The maximum Gasteiger partial charge on any atom is 0.232 e. The first-order valence-electron chi connectivity index (χ1n) is 10.2. The molecule has 0 unspecified atom stereocenters. The normalized spacial score (nSPS) is 17.5. The van der Waals surface area contributed by atoms with E-state index in [9.17, 15) is 13.2 Å². The molecule has 0 radical (unpaired) electrons. The lowest BCUT2D eigenvalue weighted by Gasteiger charge is -2.37. The molecule has 1 atom stereocenters. The molecule has 0 saturated carbocycles. The summed E-state index contributed by atoms with van der Waals surface area (Å²) >= 11 is 0. The predicted molar refractivity (Wildman–Crippen MR) is 119 cm³/mol. The number of hydrogen-bond donors (Lipinski definition) is 1. The molecule has 0 saturated heterocycles. The molecule has 7 heteroatoms. The molecule has 1 N–H and O–H groups in total. The smallest absolute Gasteiger partial charge is 0.232 e. The third-order valence-electron chi connectivity index (χ3n) is 5.20. The van der Waals surface area contributed by atoms with Gasteiger partial charge in [-0.2, -0.15) is 0 Å². The van der Waals surface area contributed by atoms with E-state index >= 15 is 0 Å². The van der Waals surface area contributed by atoms with Gasteiger partial charge in [-0.15, -0.1) is 0 Å². The molecule has 1 amide bonds. The molecular weight excluding hydrogens is 400 g/mol. The fourth-order valence-electron chi connectivity index (χ4n) is 3.78. The van der Waals surface area contributed by atoms with Crippen molar-refractivity contribution in [3.05, 3.63) is 59.7 Å². The van der Waals surface area contributed by atoms with Crippen LogP contribution in [0.1, 0.15) is 50.3 Å².